The summed E-state index contributed by atoms with van der Waals surface area (Å²) in [7, 11) is 1.60. The Hall–Kier alpha value is -1.92. The van der Waals surface area contributed by atoms with Gasteiger partial charge < -0.3 is 19.5 Å². The molecule has 0 spiro atoms. The van der Waals surface area contributed by atoms with E-state index in [2.05, 4.69) is 0 Å². The fraction of sp³-hybridized carbons (Fsp3) is 0.529. The molecule has 23 heavy (non-hydrogen) atoms. The smallest absolute Gasteiger partial charge is 0.335 e. The molecular formula is C17H23NO5. The maximum absolute atomic E-state index is 12.0. The minimum Gasteiger partial charge on any atom is -0.478 e. The normalized spacial score (nSPS) is 17.4. The first-order valence-electron chi connectivity index (χ1n) is 7.77. The molecule has 1 heterocycles. The molecule has 1 atom stereocenters. The quantitative estimate of drug-likeness (QED) is 0.733. The van der Waals surface area contributed by atoms with Gasteiger partial charge in [-0.15, -0.1) is 0 Å². The van der Waals surface area contributed by atoms with Crippen LogP contribution >= 0.6 is 0 Å². The number of carboxylic acid groups (broad SMARTS) is 1. The Morgan fingerprint density at radius 2 is 2.00 bits per heavy atom. The lowest BCUT2D eigenvalue weighted by Crippen LogP contribution is -2.32. The zero-order chi connectivity index (χ0) is 16.7. The molecule has 126 valence electrons. The molecule has 2 rings (SSSR count). The molecule has 0 saturated carbocycles. The molecule has 6 heteroatoms. The van der Waals surface area contributed by atoms with Crippen molar-refractivity contribution in [2.45, 2.75) is 12.8 Å². The lowest BCUT2D eigenvalue weighted by Gasteiger charge is -2.16. The van der Waals surface area contributed by atoms with E-state index in [1.807, 2.05) is 17.0 Å². The van der Waals surface area contributed by atoms with Crippen LogP contribution < -0.4 is 0 Å². The zero-order valence-electron chi connectivity index (χ0n) is 13.4. The van der Waals surface area contributed by atoms with Gasteiger partial charge in [0.2, 0.25) is 5.91 Å². The molecule has 0 aromatic heterocycles. The van der Waals surface area contributed by atoms with Gasteiger partial charge in [0.25, 0.3) is 0 Å². The molecule has 1 aromatic carbocycles. The van der Waals surface area contributed by atoms with Crippen molar-refractivity contribution < 1.29 is 24.2 Å². The summed E-state index contributed by atoms with van der Waals surface area (Å²) in [5.41, 5.74) is 1.40. The number of hydrogen-bond acceptors (Lipinski definition) is 4. The number of carboxylic acids is 1. The molecule has 0 radical (unpaired) electrons. The van der Waals surface area contributed by atoms with Crippen molar-refractivity contribution in [1.82, 2.24) is 4.90 Å². The Morgan fingerprint density at radius 1 is 1.26 bits per heavy atom. The van der Waals surface area contributed by atoms with E-state index in [0.29, 0.717) is 24.7 Å². The number of carbonyl (C=O) groups excluding carboxylic acids is 1. The third-order valence-electron chi connectivity index (χ3n) is 4.02. The Morgan fingerprint density at radius 3 is 2.65 bits per heavy atom. The SMILES string of the molecule is COCCOCC(=O)N1CC[C@H](Cc2ccc(C(=O)O)cc2)C1. The van der Waals surface area contributed by atoms with Gasteiger partial charge in [0.1, 0.15) is 6.61 Å². The molecule has 0 aliphatic carbocycles. The van der Waals surface area contributed by atoms with Gasteiger partial charge >= 0.3 is 5.97 Å². The Bertz CT molecular complexity index is 528. The second kappa shape index (κ2) is 8.64. The lowest BCUT2D eigenvalue weighted by atomic mass is 9.98. The summed E-state index contributed by atoms with van der Waals surface area (Å²) >= 11 is 0. The van der Waals surface area contributed by atoms with E-state index in [9.17, 15) is 9.59 Å². The van der Waals surface area contributed by atoms with Crippen molar-refractivity contribution in [3.63, 3.8) is 0 Å². The molecular weight excluding hydrogens is 298 g/mol. The van der Waals surface area contributed by atoms with Crippen molar-refractivity contribution in [1.29, 1.82) is 0 Å². The molecule has 1 fully saturated rings. The second-order valence-electron chi connectivity index (χ2n) is 5.75. The van der Waals surface area contributed by atoms with E-state index in [0.717, 1.165) is 31.5 Å². The van der Waals surface area contributed by atoms with Crippen molar-refractivity contribution in [3.8, 4) is 0 Å². The maximum atomic E-state index is 12.0. The summed E-state index contributed by atoms with van der Waals surface area (Å²) in [6.45, 7) is 2.50. The number of methoxy groups -OCH3 is 1. The number of benzene rings is 1. The number of hydrogen-bond donors (Lipinski definition) is 1. The van der Waals surface area contributed by atoms with E-state index in [-0.39, 0.29) is 12.5 Å². The van der Waals surface area contributed by atoms with Crippen molar-refractivity contribution >= 4 is 11.9 Å². The summed E-state index contributed by atoms with van der Waals surface area (Å²) in [6.07, 6.45) is 1.82. The molecule has 1 amide bonds. The zero-order valence-corrected chi connectivity index (χ0v) is 13.4. The van der Waals surface area contributed by atoms with Crippen LogP contribution in [0.25, 0.3) is 0 Å². The third-order valence-corrected chi connectivity index (χ3v) is 4.02. The largest absolute Gasteiger partial charge is 0.478 e. The summed E-state index contributed by atoms with van der Waals surface area (Å²) in [5.74, 6) is -0.485. The van der Waals surface area contributed by atoms with Crippen molar-refractivity contribution in [2.75, 3.05) is 40.0 Å². The van der Waals surface area contributed by atoms with Gasteiger partial charge in [-0.05, 0) is 36.5 Å². The van der Waals surface area contributed by atoms with Gasteiger partial charge in [-0.25, -0.2) is 4.79 Å². The van der Waals surface area contributed by atoms with Gasteiger partial charge in [-0.1, -0.05) is 12.1 Å². The summed E-state index contributed by atoms with van der Waals surface area (Å²) in [5, 5.41) is 8.90. The Kier molecular flexibility index (Phi) is 6.55. The van der Waals surface area contributed by atoms with Crippen LogP contribution in [0.5, 0.6) is 0 Å². The first kappa shape index (κ1) is 17.4. The van der Waals surface area contributed by atoms with Crippen molar-refractivity contribution in [2.24, 2.45) is 5.92 Å². The number of rotatable bonds is 8. The highest BCUT2D eigenvalue weighted by Gasteiger charge is 2.26. The predicted molar refractivity (Wildman–Crippen MR) is 84.5 cm³/mol. The number of nitrogens with zero attached hydrogens (tertiary/aromatic N) is 1. The van der Waals surface area contributed by atoms with Gasteiger partial charge in [0.05, 0.1) is 18.8 Å². The van der Waals surface area contributed by atoms with Gasteiger partial charge in [0, 0.05) is 20.2 Å². The number of ether oxygens (including phenoxy) is 2. The van der Waals surface area contributed by atoms with Crippen LogP contribution in [0, 0.1) is 5.92 Å². The topological polar surface area (TPSA) is 76.1 Å². The molecule has 1 saturated heterocycles. The fourth-order valence-corrected chi connectivity index (χ4v) is 2.74. The molecule has 6 nitrogen and oxygen atoms in total. The van der Waals surface area contributed by atoms with Crippen LogP contribution in [-0.2, 0) is 20.7 Å². The van der Waals surface area contributed by atoms with E-state index in [1.54, 1.807) is 19.2 Å². The van der Waals surface area contributed by atoms with Crippen LogP contribution in [-0.4, -0.2) is 61.9 Å². The minimum atomic E-state index is -0.914. The van der Waals surface area contributed by atoms with E-state index < -0.39 is 5.97 Å². The third kappa shape index (κ3) is 5.33. The van der Waals surface area contributed by atoms with E-state index in [4.69, 9.17) is 14.6 Å². The van der Waals surface area contributed by atoms with Crippen LogP contribution in [0.1, 0.15) is 22.3 Å². The van der Waals surface area contributed by atoms with E-state index in [1.165, 1.54) is 0 Å². The Labute approximate surface area is 136 Å². The molecule has 1 aromatic rings. The number of likely N-dealkylation sites (tertiary alicyclic amines) is 1. The second-order valence-corrected chi connectivity index (χ2v) is 5.75. The first-order valence-corrected chi connectivity index (χ1v) is 7.77. The average molecular weight is 321 g/mol. The molecule has 1 N–H and O–H groups in total. The number of carbonyl (C=O) groups is 2. The molecule has 1 aliphatic rings. The highest BCUT2D eigenvalue weighted by atomic mass is 16.5. The maximum Gasteiger partial charge on any atom is 0.335 e. The number of amides is 1. The highest BCUT2D eigenvalue weighted by molar-refractivity contribution is 5.87. The van der Waals surface area contributed by atoms with Crippen LogP contribution in [0.3, 0.4) is 0 Å². The summed E-state index contributed by atoms with van der Waals surface area (Å²) in [4.78, 5) is 24.7. The predicted octanol–water partition coefficient (Wildman–Crippen LogP) is 1.44. The van der Waals surface area contributed by atoms with E-state index >= 15 is 0 Å². The Balaban J connectivity index is 1.76. The highest BCUT2D eigenvalue weighted by Crippen LogP contribution is 2.21. The first-order chi connectivity index (χ1) is 11.1. The van der Waals surface area contributed by atoms with Crippen LogP contribution in [0.2, 0.25) is 0 Å². The monoisotopic (exact) mass is 321 g/mol. The lowest BCUT2D eigenvalue weighted by molar-refractivity contribution is -0.135. The average Bonchev–Trinajstić information content (AvgIpc) is 3.00. The van der Waals surface area contributed by atoms with Crippen LogP contribution in [0.15, 0.2) is 24.3 Å². The summed E-state index contributed by atoms with van der Waals surface area (Å²) < 4.78 is 10.1. The van der Waals surface area contributed by atoms with Gasteiger partial charge in [-0.3, -0.25) is 4.79 Å². The molecule has 1 aliphatic heterocycles. The standard InChI is InChI=1S/C17H23NO5/c1-22-8-9-23-12-16(19)18-7-6-14(11-18)10-13-2-4-15(5-3-13)17(20)21/h2-5,14H,6-12H2,1H3,(H,20,21)/t14-/m1/s1. The summed E-state index contributed by atoms with van der Waals surface area (Å²) in [6, 6.07) is 6.95. The molecule has 0 unspecified atom stereocenters. The van der Waals surface area contributed by atoms with Gasteiger partial charge in [-0.2, -0.15) is 0 Å². The van der Waals surface area contributed by atoms with Gasteiger partial charge in [0.15, 0.2) is 0 Å². The fourth-order valence-electron chi connectivity index (χ4n) is 2.74. The molecule has 0 bridgehead atoms. The van der Waals surface area contributed by atoms with Crippen molar-refractivity contribution in [3.05, 3.63) is 35.4 Å². The number of aromatic carboxylic acids is 1. The van der Waals surface area contributed by atoms with Crippen LogP contribution in [0.4, 0.5) is 0 Å². The minimum absolute atomic E-state index is 0.0184.